The van der Waals surface area contributed by atoms with Crippen molar-refractivity contribution in [2.24, 2.45) is 0 Å². The number of halogens is 4. The molecule has 0 nitrogen and oxygen atoms in total. The van der Waals surface area contributed by atoms with Crippen molar-refractivity contribution in [1.82, 2.24) is 0 Å². The summed E-state index contributed by atoms with van der Waals surface area (Å²) in [5.74, 6) is 0. The normalized spacial score (nSPS) is 10.9. The Labute approximate surface area is 348 Å². The SMILES string of the molecule is CC(C)(C)c1ccc2c(C(C)(C)C)c(-c3ccccc3)[cH-]c2c1-c1ccccc1.Clc1ccc([C](=[Zr+2])c2ccc(Cl)cc2)cc1.[Cl-].[Cl-].c1cc[cH-]c1. The summed E-state index contributed by atoms with van der Waals surface area (Å²) >= 11 is 13.1. The van der Waals surface area contributed by atoms with Crippen LogP contribution in [0.15, 0.2) is 158 Å². The Hall–Kier alpha value is -3.03. The van der Waals surface area contributed by atoms with E-state index in [1.165, 1.54) is 82.7 Å². The standard InChI is InChI=1S/C29H31.C13H8Cl2.C5H5.2ClH.Zr/c1-28(2,3)25-18-17-22-24(26(25)21-15-11-8-12-16-21)19-23(27(22)29(4,5)6)20-13-9-7-10-14-20;14-12-5-1-10(2-6-12)9-11-3-7-13(15)8-4-11;1-2-4-5-3-1;;;/h7-19H,1-6H3;1-8H;1-5H;2*1H;/q-1;;-1;;;+2/p-2. The monoisotopic (exact) mass is 838 g/mol. The topological polar surface area (TPSA) is 0 Å². The van der Waals surface area contributed by atoms with E-state index in [4.69, 9.17) is 23.2 Å². The molecule has 0 heterocycles. The summed E-state index contributed by atoms with van der Waals surface area (Å²) in [6, 6.07) is 54.7. The van der Waals surface area contributed by atoms with Crippen molar-refractivity contribution in [3.63, 3.8) is 0 Å². The summed E-state index contributed by atoms with van der Waals surface area (Å²) in [4.78, 5) is 0. The number of hydrogen-bond acceptors (Lipinski definition) is 0. The maximum absolute atomic E-state index is 5.86. The number of hydrogen-bond donors (Lipinski definition) is 0. The third-order valence-electron chi connectivity index (χ3n) is 8.60. The van der Waals surface area contributed by atoms with Crippen LogP contribution >= 0.6 is 23.2 Å². The number of benzene rings is 5. The molecule has 0 saturated heterocycles. The Morgan fingerprint density at radius 2 is 1.00 bits per heavy atom. The van der Waals surface area contributed by atoms with Crippen LogP contribution in [0.2, 0.25) is 10.0 Å². The minimum atomic E-state index is 0. The van der Waals surface area contributed by atoms with E-state index >= 15 is 0 Å². The van der Waals surface area contributed by atoms with E-state index in [9.17, 15) is 0 Å². The van der Waals surface area contributed by atoms with Gasteiger partial charge in [0.1, 0.15) is 0 Å². The van der Waals surface area contributed by atoms with Crippen LogP contribution in [-0.4, -0.2) is 3.21 Å². The first-order chi connectivity index (χ1) is 23.8. The van der Waals surface area contributed by atoms with Gasteiger partial charge in [-0.3, -0.25) is 0 Å². The van der Waals surface area contributed by atoms with Crippen molar-refractivity contribution in [2.45, 2.75) is 52.4 Å². The molecule has 0 aliphatic rings. The average Bonchev–Trinajstić information content (AvgIpc) is 3.82. The van der Waals surface area contributed by atoms with Gasteiger partial charge in [-0.2, -0.15) is 18.2 Å². The smallest absolute Gasteiger partial charge is 0.172 e. The summed E-state index contributed by atoms with van der Waals surface area (Å²) in [5.41, 5.74) is 10.7. The molecule has 0 spiro atoms. The van der Waals surface area contributed by atoms with Crippen LogP contribution in [0.1, 0.15) is 63.8 Å². The van der Waals surface area contributed by atoms with Gasteiger partial charge in [-0.05, 0) is 10.8 Å². The third kappa shape index (κ3) is 11.0. The summed E-state index contributed by atoms with van der Waals surface area (Å²) in [6.45, 7) is 13.9. The number of rotatable bonds is 4. The molecule has 0 aliphatic carbocycles. The predicted molar refractivity (Wildman–Crippen MR) is 216 cm³/mol. The molecule has 0 radical (unpaired) electrons. The van der Waals surface area contributed by atoms with Gasteiger partial charge in [0.2, 0.25) is 0 Å². The summed E-state index contributed by atoms with van der Waals surface area (Å²) in [7, 11) is 0. The maximum atomic E-state index is 5.86. The molecule has 0 N–H and O–H groups in total. The van der Waals surface area contributed by atoms with Crippen LogP contribution in [0.5, 0.6) is 0 Å². The molecule has 5 heteroatoms. The molecule has 0 fully saturated rings. The van der Waals surface area contributed by atoms with Crippen LogP contribution in [0.4, 0.5) is 0 Å². The predicted octanol–water partition coefficient (Wildman–Crippen LogP) is 8.01. The second-order valence-corrected chi connectivity index (χ2v) is 16.6. The molecule has 266 valence electrons. The van der Waals surface area contributed by atoms with Gasteiger partial charge in [-0.15, -0.1) is 28.0 Å². The van der Waals surface area contributed by atoms with E-state index in [2.05, 4.69) is 120 Å². The van der Waals surface area contributed by atoms with E-state index in [0.29, 0.717) is 0 Å². The van der Waals surface area contributed by atoms with Gasteiger partial charge < -0.3 is 24.8 Å². The van der Waals surface area contributed by atoms with Crippen molar-refractivity contribution in [3.8, 4) is 22.3 Å². The number of fused-ring (bicyclic) bond motifs is 1. The Balaban J connectivity index is 0.000000266. The van der Waals surface area contributed by atoms with Gasteiger partial charge in [0.15, 0.2) is 0 Å². The Bertz CT molecular complexity index is 2050. The fraction of sp³-hybridized carbons (Fsp3) is 0.170. The molecule has 0 amide bonds. The quantitative estimate of drug-likeness (QED) is 0.158. The molecule has 0 unspecified atom stereocenters. The molecule has 7 aromatic rings. The summed E-state index contributed by atoms with van der Waals surface area (Å²) in [6.07, 6.45) is 0. The average molecular weight is 842 g/mol. The van der Waals surface area contributed by atoms with Crippen LogP contribution in [0.25, 0.3) is 33.0 Å². The molecule has 7 aromatic carbocycles. The van der Waals surface area contributed by atoms with E-state index in [1.807, 2.05) is 78.9 Å². The summed E-state index contributed by atoms with van der Waals surface area (Å²) < 4.78 is 1.31. The van der Waals surface area contributed by atoms with Gasteiger partial charge >= 0.3 is 120 Å². The first-order valence-corrected chi connectivity index (χ1v) is 19.0. The first kappa shape index (κ1) is 43.4. The van der Waals surface area contributed by atoms with Crippen LogP contribution in [0.3, 0.4) is 0 Å². The van der Waals surface area contributed by atoms with Gasteiger partial charge in [0.05, 0.1) is 0 Å². The molecule has 7 rings (SSSR count). The molecule has 52 heavy (non-hydrogen) atoms. The Morgan fingerprint density at radius 3 is 1.40 bits per heavy atom. The van der Waals surface area contributed by atoms with Gasteiger partial charge in [-0.25, -0.2) is 12.1 Å². The van der Waals surface area contributed by atoms with Crippen molar-refractivity contribution in [2.75, 3.05) is 0 Å². The van der Waals surface area contributed by atoms with Crippen molar-refractivity contribution in [1.29, 1.82) is 0 Å². The van der Waals surface area contributed by atoms with Gasteiger partial charge in [0, 0.05) is 0 Å². The van der Waals surface area contributed by atoms with Crippen molar-refractivity contribution < 1.29 is 49.0 Å². The first-order valence-electron chi connectivity index (χ1n) is 17.0. The van der Waals surface area contributed by atoms with Crippen molar-refractivity contribution in [3.05, 3.63) is 190 Å². The second-order valence-electron chi connectivity index (χ2n) is 14.5. The van der Waals surface area contributed by atoms with E-state index in [1.54, 1.807) is 0 Å². The third-order valence-corrected chi connectivity index (χ3v) is 10.5. The van der Waals surface area contributed by atoms with Crippen molar-refractivity contribution >= 4 is 37.2 Å². The molecular formula is C47H44Cl4Zr-2. The maximum Gasteiger partial charge on any atom is -0.172 e. The molecule has 0 saturated carbocycles. The van der Waals surface area contributed by atoms with Gasteiger partial charge in [0.25, 0.3) is 0 Å². The second kappa shape index (κ2) is 19.3. The zero-order chi connectivity index (χ0) is 35.9. The summed E-state index contributed by atoms with van der Waals surface area (Å²) in [5, 5.41) is 4.28. The van der Waals surface area contributed by atoms with E-state index in [0.717, 1.165) is 10.0 Å². The molecule has 0 aliphatic heterocycles. The van der Waals surface area contributed by atoms with E-state index in [-0.39, 0.29) is 35.6 Å². The molecular weight excluding hydrogens is 798 g/mol. The fourth-order valence-corrected chi connectivity index (χ4v) is 7.34. The fourth-order valence-electron chi connectivity index (χ4n) is 6.26. The van der Waals surface area contributed by atoms with Crippen LogP contribution in [0, 0.1) is 0 Å². The molecule has 0 aromatic heterocycles. The minimum absolute atomic E-state index is 0. The largest absolute Gasteiger partial charge is 1.00 e. The Morgan fingerprint density at radius 1 is 0.538 bits per heavy atom. The zero-order valence-electron chi connectivity index (χ0n) is 30.5. The molecule has 0 bridgehead atoms. The van der Waals surface area contributed by atoms with Crippen LogP contribution in [-0.2, 0) is 35.1 Å². The minimum Gasteiger partial charge on any atom is -1.00 e. The molecule has 0 atom stereocenters. The zero-order valence-corrected chi connectivity index (χ0v) is 36.0. The van der Waals surface area contributed by atoms with Gasteiger partial charge in [-0.1, -0.05) is 137 Å². The van der Waals surface area contributed by atoms with Crippen LogP contribution < -0.4 is 24.8 Å². The van der Waals surface area contributed by atoms with E-state index < -0.39 is 0 Å². The Kier molecular flexibility index (Phi) is 16.1.